The van der Waals surface area contributed by atoms with Gasteiger partial charge in [-0.3, -0.25) is 9.48 Å². The Kier molecular flexibility index (Phi) is 3.15. The molecule has 0 bridgehead atoms. The number of ketones is 1. The van der Waals surface area contributed by atoms with Crippen LogP contribution in [-0.4, -0.2) is 20.7 Å². The van der Waals surface area contributed by atoms with Crippen LogP contribution in [0.4, 0.5) is 0 Å². The molecule has 0 spiro atoms. The van der Waals surface area contributed by atoms with E-state index in [1.807, 2.05) is 6.92 Å². The van der Waals surface area contributed by atoms with Crippen molar-refractivity contribution in [3.05, 3.63) is 46.7 Å². The molecule has 0 aliphatic carbocycles. The summed E-state index contributed by atoms with van der Waals surface area (Å²) in [5, 5.41) is 14.0. The highest BCUT2D eigenvalue weighted by molar-refractivity contribution is 6.31. The van der Waals surface area contributed by atoms with Crippen LogP contribution in [0.1, 0.15) is 23.0 Å². The van der Waals surface area contributed by atoms with Gasteiger partial charge in [-0.2, -0.15) is 5.10 Å². The van der Waals surface area contributed by atoms with Crippen molar-refractivity contribution >= 4 is 17.4 Å². The van der Waals surface area contributed by atoms with Crippen LogP contribution in [0.5, 0.6) is 5.75 Å². The maximum absolute atomic E-state index is 12.2. The van der Waals surface area contributed by atoms with E-state index in [0.717, 1.165) is 0 Å². The molecule has 1 N–H and O–H groups in total. The van der Waals surface area contributed by atoms with Gasteiger partial charge in [0.25, 0.3) is 0 Å². The third kappa shape index (κ3) is 2.17. The molecule has 0 radical (unpaired) electrons. The molecule has 4 nitrogen and oxygen atoms in total. The third-order valence-electron chi connectivity index (χ3n) is 2.42. The molecule has 2 aromatic rings. The zero-order valence-corrected chi connectivity index (χ0v) is 9.98. The highest BCUT2D eigenvalue weighted by Gasteiger charge is 2.19. The highest BCUT2D eigenvalue weighted by Crippen LogP contribution is 2.21. The summed E-state index contributed by atoms with van der Waals surface area (Å²) >= 11 is 5.83. The van der Waals surface area contributed by atoms with E-state index in [9.17, 15) is 9.90 Å². The average molecular weight is 251 g/mol. The molecule has 17 heavy (non-hydrogen) atoms. The first-order chi connectivity index (χ1) is 8.13. The molecule has 5 heteroatoms. The SMILES string of the molecule is CCn1ncc(O)c1C(=O)c1cccc(Cl)c1. The zero-order chi connectivity index (χ0) is 12.4. The molecule has 0 fully saturated rings. The summed E-state index contributed by atoms with van der Waals surface area (Å²) < 4.78 is 1.46. The Morgan fingerprint density at radius 3 is 2.94 bits per heavy atom. The fraction of sp³-hybridized carbons (Fsp3) is 0.167. The van der Waals surface area contributed by atoms with Gasteiger partial charge in [0.15, 0.2) is 11.4 Å². The molecule has 0 atom stereocenters. The molecule has 1 aromatic heterocycles. The number of rotatable bonds is 3. The number of carbonyl (C=O) groups is 1. The molecule has 0 unspecified atom stereocenters. The number of hydrogen-bond acceptors (Lipinski definition) is 3. The average Bonchev–Trinajstić information content (AvgIpc) is 2.69. The third-order valence-corrected chi connectivity index (χ3v) is 2.66. The Labute approximate surface area is 103 Å². The van der Waals surface area contributed by atoms with E-state index in [1.165, 1.54) is 10.9 Å². The lowest BCUT2D eigenvalue weighted by atomic mass is 10.1. The van der Waals surface area contributed by atoms with E-state index in [1.54, 1.807) is 24.3 Å². The van der Waals surface area contributed by atoms with Crippen molar-refractivity contribution in [2.75, 3.05) is 0 Å². The smallest absolute Gasteiger partial charge is 0.214 e. The second kappa shape index (κ2) is 4.59. The maximum atomic E-state index is 12.2. The van der Waals surface area contributed by atoms with Gasteiger partial charge in [-0.1, -0.05) is 23.7 Å². The normalized spacial score (nSPS) is 10.5. The van der Waals surface area contributed by atoms with E-state index < -0.39 is 0 Å². The van der Waals surface area contributed by atoms with Gasteiger partial charge >= 0.3 is 0 Å². The topological polar surface area (TPSA) is 55.1 Å². The lowest BCUT2D eigenvalue weighted by Gasteiger charge is -2.04. The number of aromatic hydroxyl groups is 1. The lowest BCUT2D eigenvalue weighted by molar-refractivity contribution is 0.102. The van der Waals surface area contributed by atoms with Crippen LogP contribution in [0, 0.1) is 0 Å². The Hall–Kier alpha value is -1.81. The Morgan fingerprint density at radius 1 is 1.53 bits per heavy atom. The van der Waals surface area contributed by atoms with Crippen LogP contribution < -0.4 is 0 Å². The summed E-state index contributed by atoms with van der Waals surface area (Å²) in [5.74, 6) is -0.402. The molecule has 88 valence electrons. The van der Waals surface area contributed by atoms with Crippen molar-refractivity contribution in [3.8, 4) is 5.75 Å². The minimum atomic E-state index is -0.288. The summed E-state index contributed by atoms with van der Waals surface area (Å²) in [6.45, 7) is 2.36. The molecule has 1 aromatic carbocycles. The number of halogens is 1. The van der Waals surface area contributed by atoms with E-state index in [-0.39, 0.29) is 17.2 Å². The summed E-state index contributed by atoms with van der Waals surface area (Å²) in [6, 6.07) is 6.60. The molecule has 0 aliphatic rings. The number of carbonyl (C=O) groups excluding carboxylic acids is 1. The van der Waals surface area contributed by atoms with Crippen molar-refractivity contribution in [2.24, 2.45) is 0 Å². The van der Waals surface area contributed by atoms with Crippen molar-refractivity contribution in [3.63, 3.8) is 0 Å². The fourth-order valence-corrected chi connectivity index (χ4v) is 1.81. The van der Waals surface area contributed by atoms with Gasteiger partial charge in [-0.05, 0) is 19.1 Å². The summed E-state index contributed by atoms with van der Waals surface area (Å²) in [5.41, 5.74) is 0.623. The lowest BCUT2D eigenvalue weighted by Crippen LogP contribution is -2.10. The van der Waals surface area contributed by atoms with Crippen LogP contribution in [0.25, 0.3) is 0 Å². The first-order valence-electron chi connectivity index (χ1n) is 5.18. The molecule has 2 rings (SSSR count). The molecule has 0 aliphatic heterocycles. The summed E-state index contributed by atoms with van der Waals surface area (Å²) in [7, 11) is 0. The molecular weight excluding hydrogens is 240 g/mol. The van der Waals surface area contributed by atoms with E-state index >= 15 is 0 Å². The van der Waals surface area contributed by atoms with Gasteiger partial charge in [0, 0.05) is 17.1 Å². The molecule has 0 saturated heterocycles. The number of aromatic nitrogens is 2. The summed E-state index contributed by atoms with van der Waals surface area (Å²) in [4.78, 5) is 12.2. The molecular formula is C12H11ClN2O2. The van der Waals surface area contributed by atoms with Gasteiger partial charge in [-0.15, -0.1) is 0 Å². The molecule has 0 amide bonds. The number of aryl methyl sites for hydroxylation is 1. The van der Waals surface area contributed by atoms with Gasteiger partial charge in [0.2, 0.25) is 5.78 Å². The first kappa shape index (κ1) is 11.7. The van der Waals surface area contributed by atoms with Crippen LogP contribution in [0.2, 0.25) is 5.02 Å². The predicted octanol–water partition coefficient (Wildman–Crippen LogP) is 2.49. The minimum absolute atomic E-state index is 0.114. The molecule has 1 heterocycles. The van der Waals surface area contributed by atoms with E-state index in [4.69, 9.17) is 11.6 Å². The predicted molar refractivity (Wildman–Crippen MR) is 64.5 cm³/mol. The Balaban J connectivity index is 2.47. The summed E-state index contributed by atoms with van der Waals surface area (Å²) in [6.07, 6.45) is 1.27. The van der Waals surface area contributed by atoms with E-state index in [0.29, 0.717) is 17.1 Å². The van der Waals surface area contributed by atoms with Gasteiger partial charge in [0.05, 0.1) is 6.20 Å². The Bertz CT molecular complexity index is 563. The quantitative estimate of drug-likeness (QED) is 0.852. The number of benzene rings is 1. The maximum Gasteiger partial charge on any atom is 0.214 e. The fourth-order valence-electron chi connectivity index (χ4n) is 1.62. The number of nitrogens with zero attached hydrogens (tertiary/aromatic N) is 2. The van der Waals surface area contributed by atoms with Gasteiger partial charge in [-0.25, -0.2) is 0 Å². The second-order valence-electron chi connectivity index (χ2n) is 3.53. The van der Waals surface area contributed by atoms with Gasteiger partial charge < -0.3 is 5.11 Å². The number of hydrogen-bond donors (Lipinski definition) is 1. The van der Waals surface area contributed by atoms with Crippen molar-refractivity contribution in [1.82, 2.24) is 9.78 Å². The standard InChI is InChI=1S/C12H11ClN2O2/c1-2-15-11(10(16)7-14-15)12(17)8-4-3-5-9(13)6-8/h3-7,16H,2H2,1H3. The highest BCUT2D eigenvalue weighted by atomic mass is 35.5. The van der Waals surface area contributed by atoms with Crippen molar-refractivity contribution < 1.29 is 9.90 Å². The van der Waals surface area contributed by atoms with E-state index in [2.05, 4.69) is 5.10 Å². The van der Waals surface area contributed by atoms with Crippen LogP contribution in [0.3, 0.4) is 0 Å². The largest absolute Gasteiger partial charge is 0.504 e. The zero-order valence-electron chi connectivity index (χ0n) is 9.22. The second-order valence-corrected chi connectivity index (χ2v) is 3.97. The monoisotopic (exact) mass is 250 g/mol. The van der Waals surface area contributed by atoms with Crippen LogP contribution in [0.15, 0.2) is 30.5 Å². The van der Waals surface area contributed by atoms with Crippen LogP contribution >= 0.6 is 11.6 Å². The Morgan fingerprint density at radius 2 is 2.29 bits per heavy atom. The molecule has 0 saturated carbocycles. The van der Waals surface area contributed by atoms with Crippen molar-refractivity contribution in [1.29, 1.82) is 0 Å². The van der Waals surface area contributed by atoms with Gasteiger partial charge in [0.1, 0.15) is 0 Å². The van der Waals surface area contributed by atoms with Crippen LogP contribution in [-0.2, 0) is 6.54 Å². The first-order valence-corrected chi connectivity index (χ1v) is 5.56. The van der Waals surface area contributed by atoms with Crippen molar-refractivity contribution in [2.45, 2.75) is 13.5 Å². The minimum Gasteiger partial charge on any atom is -0.504 e.